The zero-order valence-electron chi connectivity index (χ0n) is 12.2. The van der Waals surface area contributed by atoms with E-state index in [0.29, 0.717) is 0 Å². The minimum Gasteiger partial charge on any atom is -0.126 e. The van der Waals surface area contributed by atoms with Crippen molar-refractivity contribution in [2.75, 3.05) is 11.8 Å². The molecule has 1 atom stereocenters. The van der Waals surface area contributed by atoms with Gasteiger partial charge in [-0.1, -0.05) is 52.4 Å². The lowest BCUT2D eigenvalue weighted by Gasteiger charge is -2.39. The smallest absolute Gasteiger partial charge is 0.0294 e. The van der Waals surface area contributed by atoms with Crippen LogP contribution in [0.3, 0.4) is 0 Å². The maximum absolute atomic E-state index is 6.36. The molecule has 0 aromatic rings. The molecule has 1 aliphatic rings. The molecule has 0 saturated heterocycles. The van der Waals surface area contributed by atoms with Gasteiger partial charge < -0.3 is 0 Å². The number of hydrogen-bond donors (Lipinski definition) is 0. The maximum Gasteiger partial charge on any atom is 0.0294 e. The first-order valence-electron chi connectivity index (χ1n) is 7.84. The van der Waals surface area contributed by atoms with Gasteiger partial charge in [0.15, 0.2) is 0 Å². The molecule has 0 aromatic carbocycles. The second-order valence-corrected chi connectivity index (χ2v) is 6.77. The van der Waals surface area contributed by atoms with Crippen LogP contribution in [0.1, 0.15) is 71.6 Å². The van der Waals surface area contributed by atoms with Gasteiger partial charge in [0.05, 0.1) is 0 Å². The Morgan fingerprint density at radius 3 is 2.17 bits per heavy atom. The minimum atomic E-state index is 0.216. The van der Waals surface area contributed by atoms with Gasteiger partial charge in [0, 0.05) is 17.2 Å². The Balaban J connectivity index is 2.64. The summed E-state index contributed by atoms with van der Waals surface area (Å²) in [7, 11) is 0. The van der Waals surface area contributed by atoms with Crippen LogP contribution in [-0.2, 0) is 0 Å². The van der Waals surface area contributed by atoms with Crippen molar-refractivity contribution in [3.63, 3.8) is 0 Å². The lowest BCUT2D eigenvalue weighted by Crippen LogP contribution is -2.35. The van der Waals surface area contributed by atoms with Gasteiger partial charge >= 0.3 is 0 Å². The minimum absolute atomic E-state index is 0.216. The lowest BCUT2D eigenvalue weighted by molar-refractivity contribution is 0.164. The van der Waals surface area contributed by atoms with E-state index in [1.807, 2.05) is 0 Å². The van der Waals surface area contributed by atoms with Gasteiger partial charge in [-0.2, -0.15) is 0 Å². The molecule has 2 heteroatoms. The third kappa shape index (κ3) is 4.30. The van der Waals surface area contributed by atoms with Crippen LogP contribution in [0.5, 0.6) is 0 Å². The van der Waals surface area contributed by atoms with Gasteiger partial charge in [0.2, 0.25) is 0 Å². The Morgan fingerprint density at radius 1 is 1.11 bits per heavy atom. The molecule has 0 aliphatic heterocycles. The van der Waals surface area contributed by atoms with E-state index in [2.05, 4.69) is 13.8 Å². The highest BCUT2D eigenvalue weighted by molar-refractivity contribution is 6.21. The van der Waals surface area contributed by atoms with Crippen LogP contribution in [0, 0.1) is 17.3 Å². The fraction of sp³-hybridized carbons (Fsp3) is 1.00. The van der Waals surface area contributed by atoms with Gasteiger partial charge in [-0.15, -0.1) is 23.2 Å². The van der Waals surface area contributed by atoms with E-state index in [-0.39, 0.29) is 5.41 Å². The first kappa shape index (κ1) is 16.6. The molecule has 1 saturated carbocycles. The Hall–Kier alpha value is 0.580. The van der Waals surface area contributed by atoms with Gasteiger partial charge in [0.1, 0.15) is 0 Å². The summed E-state index contributed by atoms with van der Waals surface area (Å²) in [4.78, 5) is 0. The van der Waals surface area contributed by atoms with Crippen molar-refractivity contribution in [3.8, 4) is 0 Å². The first-order chi connectivity index (χ1) is 8.72. The summed E-state index contributed by atoms with van der Waals surface area (Å²) in [6.07, 6.45) is 12.0. The first-order valence-corrected chi connectivity index (χ1v) is 8.91. The molecule has 18 heavy (non-hydrogen) atoms. The summed E-state index contributed by atoms with van der Waals surface area (Å²) >= 11 is 12.7. The molecule has 108 valence electrons. The fourth-order valence-corrected chi connectivity index (χ4v) is 4.53. The average Bonchev–Trinajstić information content (AvgIpc) is 2.94. The van der Waals surface area contributed by atoms with Crippen LogP contribution in [-0.4, -0.2) is 11.8 Å². The second kappa shape index (κ2) is 8.69. The quantitative estimate of drug-likeness (QED) is 0.441. The molecule has 0 nitrogen and oxygen atoms in total. The number of halogens is 2. The zero-order chi connectivity index (χ0) is 13.4. The van der Waals surface area contributed by atoms with E-state index in [1.165, 1.54) is 57.8 Å². The van der Waals surface area contributed by atoms with Gasteiger partial charge in [-0.05, 0) is 31.1 Å². The lowest BCUT2D eigenvalue weighted by atomic mass is 9.70. The zero-order valence-corrected chi connectivity index (χ0v) is 13.7. The summed E-state index contributed by atoms with van der Waals surface area (Å²) in [5.74, 6) is 3.11. The normalized spacial score (nSPS) is 19.3. The summed E-state index contributed by atoms with van der Waals surface area (Å²) in [5.41, 5.74) is 0.216. The highest BCUT2D eigenvalue weighted by Gasteiger charge is 2.40. The molecule has 0 N–H and O–H groups in total. The number of rotatable bonds is 9. The van der Waals surface area contributed by atoms with E-state index >= 15 is 0 Å². The van der Waals surface area contributed by atoms with Crippen LogP contribution in [0.15, 0.2) is 0 Å². The summed E-state index contributed by atoms with van der Waals surface area (Å²) in [6, 6.07) is 0. The predicted molar refractivity (Wildman–Crippen MR) is 83.8 cm³/mol. The molecule has 1 rings (SSSR count). The monoisotopic (exact) mass is 292 g/mol. The van der Waals surface area contributed by atoms with Crippen molar-refractivity contribution in [1.82, 2.24) is 0 Å². The van der Waals surface area contributed by atoms with E-state index in [4.69, 9.17) is 23.2 Å². The number of hydrogen-bond acceptors (Lipinski definition) is 0. The van der Waals surface area contributed by atoms with Crippen molar-refractivity contribution in [3.05, 3.63) is 0 Å². The highest BCUT2D eigenvalue weighted by atomic mass is 35.5. The highest BCUT2D eigenvalue weighted by Crippen LogP contribution is 2.46. The molecule has 0 amide bonds. The van der Waals surface area contributed by atoms with Gasteiger partial charge in [0.25, 0.3) is 0 Å². The fourth-order valence-electron chi connectivity index (χ4n) is 3.59. The van der Waals surface area contributed by atoms with Crippen LogP contribution >= 0.6 is 23.2 Å². The second-order valence-electron chi connectivity index (χ2n) is 6.23. The maximum atomic E-state index is 6.36. The number of alkyl halides is 2. The molecule has 1 aliphatic carbocycles. The van der Waals surface area contributed by atoms with Crippen molar-refractivity contribution in [2.45, 2.75) is 71.6 Å². The van der Waals surface area contributed by atoms with Crippen molar-refractivity contribution in [2.24, 2.45) is 17.3 Å². The Labute approximate surface area is 124 Å². The SMILES string of the molecule is CCCCC(CC)CC(CCl)(CCl)C1CCCC1. The standard InChI is InChI=1S/C16H30Cl2/c1-3-5-8-14(4-2)11-16(12-17,13-18)15-9-6-7-10-15/h14-15H,3-13H2,1-2H3. The molecule has 0 heterocycles. The van der Waals surface area contributed by atoms with Gasteiger partial charge in [-0.25, -0.2) is 0 Å². The molecule has 0 spiro atoms. The average molecular weight is 293 g/mol. The Kier molecular flexibility index (Phi) is 8.03. The summed E-state index contributed by atoms with van der Waals surface area (Å²) < 4.78 is 0. The summed E-state index contributed by atoms with van der Waals surface area (Å²) in [5, 5.41) is 0. The van der Waals surface area contributed by atoms with E-state index in [9.17, 15) is 0 Å². The van der Waals surface area contributed by atoms with Crippen molar-refractivity contribution in [1.29, 1.82) is 0 Å². The molecular formula is C16H30Cl2. The Bertz CT molecular complexity index is 205. The molecule has 0 bridgehead atoms. The van der Waals surface area contributed by atoms with Crippen LogP contribution in [0.4, 0.5) is 0 Å². The molecular weight excluding hydrogens is 263 g/mol. The van der Waals surface area contributed by atoms with E-state index in [1.54, 1.807) is 0 Å². The third-order valence-electron chi connectivity index (χ3n) is 4.99. The van der Waals surface area contributed by atoms with Crippen LogP contribution in [0.25, 0.3) is 0 Å². The predicted octanol–water partition coefficient (Wildman–Crippen LogP) is 6.25. The van der Waals surface area contributed by atoms with Crippen molar-refractivity contribution >= 4 is 23.2 Å². The molecule has 0 aromatic heterocycles. The van der Waals surface area contributed by atoms with E-state index in [0.717, 1.165) is 23.6 Å². The van der Waals surface area contributed by atoms with Crippen LogP contribution in [0.2, 0.25) is 0 Å². The molecule has 1 unspecified atom stereocenters. The van der Waals surface area contributed by atoms with Gasteiger partial charge in [-0.3, -0.25) is 0 Å². The largest absolute Gasteiger partial charge is 0.126 e. The van der Waals surface area contributed by atoms with E-state index < -0.39 is 0 Å². The van der Waals surface area contributed by atoms with Crippen molar-refractivity contribution < 1.29 is 0 Å². The summed E-state index contributed by atoms with van der Waals surface area (Å²) in [6.45, 7) is 4.60. The van der Waals surface area contributed by atoms with Crippen LogP contribution < -0.4 is 0 Å². The molecule has 0 radical (unpaired) electrons. The number of unbranched alkanes of at least 4 members (excludes halogenated alkanes) is 1. The topological polar surface area (TPSA) is 0 Å². The Morgan fingerprint density at radius 2 is 1.72 bits per heavy atom. The molecule has 1 fully saturated rings. The third-order valence-corrected chi connectivity index (χ3v) is 6.06.